The normalized spacial score (nSPS) is 14.8. The number of benzene rings is 2. The number of anilines is 3. The fraction of sp³-hybridized carbons (Fsp3) is 0.519. The predicted molar refractivity (Wildman–Crippen MR) is 298 cm³/mol. The van der Waals surface area contributed by atoms with Gasteiger partial charge in [0.2, 0.25) is 5.95 Å². The monoisotopic (exact) mass is 1180 g/mol. The van der Waals surface area contributed by atoms with Crippen LogP contribution in [0, 0.1) is 0 Å². The molecule has 0 bridgehead atoms. The van der Waals surface area contributed by atoms with Crippen LogP contribution in [0.3, 0.4) is 0 Å². The molecule has 8 N–H and O–H groups in total. The number of nitrogens with two attached hydrogens (primary N) is 1. The predicted octanol–water partition coefficient (Wildman–Crippen LogP) is -1.96. The molecule has 1 unspecified atom stereocenters. The van der Waals surface area contributed by atoms with Gasteiger partial charge in [-0.2, -0.15) is 4.98 Å². The summed E-state index contributed by atoms with van der Waals surface area (Å²) >= 11 is 5.54. The zero-order valence-corrected chi connectivity index (χ0v) is 46.8. The lowest BCUT2D eigenvalue weighted by Gasteiger charge is -2.36. The van der Waals surface area contributed by atoms with Crippen LogP contribution < -0.4 is 42.6 Å². The number of H-pyrrole nitrogens is 1. The number of carbonyl (C=O) groups excluding carboxylic acids is 5. The van der Waals surface area contributed by atoms with Gasteiger partial charge in [-0.25, -0.2) is 24.5 Å². The number of fused-ring (bicyclic) bond motifs is 1. The number of aryl methyl sites for hydroxylation is 1. The Morgan fingerprint density at radius 3 is 1.87 bits per heavy atom. The minimum absolute atomic E-state index is 0.0273. The Hall–Kier alpha value is -7.64. The number of ether oxygens (including phenoxy) is 1. The summed E-state index contributed by atoms with van der Waals surface area (Å²) in [7, 11) is 0. The van der Waals surface area contributed by atoms with Crippen LogP contribution >= 0.6 is 12.2 Å². The highest BCUT2D eigenvalue weighted by Gasteiger charge is 2.28. The molecule has 0 aliphatic carbocycles. The van der Waals surface area contributed by atoms with Gasteiger partial charge >= 0.3 is 11.9 Å². The number of amides is 1. The second-order valence-corrected chi connectivity index (χ2v) is 20.1. The van der Waals surface area contributed by atoms with Crippen molar-refractivity contribution in [2.24, 2.45) is 0 Å². The van der Waals surface area contributed by atoms with Crippen LogP contribution in [0.1, 0.15) is 79.4 Å². The number of Topliss-reactive ketones (excluding diaryl/α,β-unsaturated/α-hetero) is 1. The lowest BCUT2D eigenvalue weighted by molar-refractivity contribution is -0.308. The quantitative estimate of drug-likeness (QED) is 0.0114. The number of carboxylic acid groups (broad SMARTS) is 5. The second kappa shape index (κ2) is 35.4. The molecular formula is C54H71N12O16S-3. The number of aliphatic carboxylic acids is 5. The minimum Gasteiger partial charge on any atom is -0.549 e. The van der Waals surface area contributed by atoms with E-state index in [2.05, 4.69) is 35.9 Å². The van der Waals surface area contributed by atoms with Crippen molar-refractivity contribution in [2.75, 3.05) is 115 Å². The van der Waals surface area contributed by atoms with Gasteiger partial charge < -0.3 is 66.3 Å². The molecule has 0 saturated carbocycles. The summed E-state index contributed by atoms with van der Waals surface area (Å²) in [6.45, 7) is 1.22. The third-order valence-corrected chi connectivity index (χ3v) is 13.6. The number of thiocarbonyl (C=S) groups is 1. The molecule has 0 spiro atoms. The number of ketones is 1. The Morgan fingerprint density at radius 1 is 0.687 bits per heavy atom. The summed E-state index contributed by atoms with van der Waals surface area (Å²) in [4.78, 5) is 129. The van der Waals surface area contributed by atoms with E-state index >= 15 is 0 Å². The number of aromatic nitrogens is 4. The molecule has 2 atom stereocenters. The maximum Gasteiger partial charge on any atom is 0.326 e. The molecule has 1 aliphatic rings. The number of rotatable bonds is 35. The van der Waals surface area contributed by atoms with Gasteiger partial charge in [0.05, 0.1) is 54.5 Å². The van der Waals surface area contributed by atoms with Crippen molar-refractivity contribution in [2.45, 2.75) is 82.8 Å². The zero-order chi connectivity index (χ0) is 60.1. The lowest BCUT2D eigenvalue weighted by atomic mass is 10.0. The van der Waals surface area contributed by atoms with Crippen LogP contribution in [0.4, 0.5) is 17.3 Å². The van der Waals surface area contributed by atoms with E-state index in [1.54, 1.807) is 26.8 Å². The Kier molecular flexibility index (Phi) is 28.2. The van der Waals surface area contributed by atoms with Crippen molar-refractivity contribution in [1.29, 1.82) is 0 Å². The van der Waals surface area contributed by atoms with Crippen molar-refractivity contribution in [1.82, 2.24) is 44.9 Å². The standard InChI is InChI=1S/C54H74N12O16S/c55-54-61-49-48(51(75)62-54)59-40(32-57-49)31-56-38-14-10-37(11-15-38)50(74)60-42(52(76)77)17-16-41(67)5-1-3-27-80-29-30-82-81-28-4-2-6-44(83)58-39-12-7-36(8-13-39)9-18-43(53(78)79)66-25-23-64(34-46(70)71)21-19-63(33-45(68)69)20-22-65(24-26-66)35-47(72)73/h7-8,10-15,32,42-43,56H,1-6,9,16-31,33-35H2,(H,58,83)(H,60,74)(H,68,69)(H,70,71)(H,72,73)(H,76,77)(H,78,79)(H3,55,57,61,62,75)/p-3/t42-,43?/m0/s1. The van der Waals surface area contributed by atoms with E-state index in [1.165, 1.54) is 23.2 Å². The summed E-state index contributed by atoms with van der Waals surface area (Å²) in [6.07, 6.45) is 5.29. The minimum atomic E-state index is -1.34. The zero-order valence-electron chi connectivity index (χ0n) is 46.0. The third kappa shape index (κ3) is 25.2. The van der Waals surface area contributed by atoms with Gasteiger partial charge in [-0.05, 0) is 93.3 Å². The van der Waals surface area contributed by atoms with Gasteiger partial charge in [-0.3, -0.25) is 43.8 Å². The van der Waals surface area contributed by atoms with Crippen LogP contribution in [-0.2, 0) is 56.2 Å². The van der Waals surface area contributed by atoms with Gasteiger partial charge in [0, 0.05) is 108 Å². The fourth-order valence-electron chi connectivity index (χ4n) is 8.83. The highest BCUT2D eigenvalue weighted by molar-refractivity contribution is 7.80. The first-order valence-electron chi connectivity index (χ1n) is 27.2. The number of nitrogens with zero attached hydrogens (tertiary/aromatic N) is 7. The maximum atomic E-state index is 12.9. The number of nitrogen functional groups attached to an aromatic ring is 1. The molecule has 2 aromatic carbocycles. The SMILES string of the molecule is Nc1nc2ncc(CNc3ccc(C(=O)N[C@@H](CCC(=O)CCCCOCCOOCCCCC(=S)Nc4ccc(CCC(C(=O)O)N5CCN(CC(=O)[O-])CCN(CC(=O)[O-])CCN(CC(=O)[O-])CC5)cc4)C(=O)O)cc3)nc2c(=O)[nH]1. The van der Waals surface area contributed by atoms with Crippen LogP contribution in [0.5, 0.6) is 0 Å². The van der Waals surface area contributed by atoms with E-state index in [0.29, 0.717) is 61.7 Å². The summed E-state index contributed by atoms with van der Waals surface area (Å²) in [5.41, 5.74) is 8.10. The first kappa shape index (κ1) is 66.2. The molecule has 5 rings (SSSR count). The topological polar surface area (TPSA) is 403 Å². The number of hydrogen-bond acceptors (Lipinski definition) is 24. The van der Waals surface area contributed by atoms with Gasteiger partial charge in [0.25, 0.3) is 11.5 Å². The first-order chi connectivity index (χ1) is 39.8. The molecule has 1 saturated heterocycles. The summed E-state index contributed by atoms with van der Waals surface area (Å²) in [6, 6.07) is 11.4. The van der Waals surface area contributed by atoms with Gasteiger partial charge in [-0.1, -0.05) is 24.4 Å². The largest absolute Gasteiger partial charge is 0.549 e. The third-order valence-electron chi connectivity index (χ3n) is 13.3. The Balaban J connectivity index is 0.893. The lowest BCUT2D eigenvalue weighted by Crippen LogP contribution is -2.53. The molecule has 1 amide bonds. The second-order valence-electron chi connectivity index (χ2n) is 19.6. The van der Waals surface area contributed by atoms with Crippen molar-refractivity contribution in [3.05, 3.63) is 81.9 Å². The van der Waals surface area contributed by atoms with E-state index in [9.17, 15) is 63.9 Å². The summed E-state index contributed by atoms with van der Waals surface area (Å²) in [5.74, 6) is -7.17. The average Bonchev–Trinajstić information content (AvgIpc) is 3.44. The molecule has 83 heavy (non-hydrogen) atoms. The van der Waals surface area contributed by atoms with Crippen molar-refractivity contribution in [3.8, 4) is 0 Å². The van der Waals surface area contributed by atoms with E-state index in [-0.39, 0.29) is 126 Å². The van der Waals surface area contributed by atoms with Crippen molar-refractivity contribution >= 4 is 87.2 Å². The Bertz CT molecular complexity index is 2820. The van der Waals surface area contributed by atoms with Crippen LogP contribution in [0.15, 0.2) is 59.5 Å². The smallest absolute Gasteiger partial charge is 0.326 e. The molecule has 452 valence electrons. The van der Waals surface area contributed by atoms with E-state index in [0.717, 1.165) is 17.7 Å². The number of carboxylic acids is 5. The Labute approximate surface area is 483 Å². The van der Waals surface area contributed by atoms with E-state index < -0.39 is 73.0 Å². The van der Waals surface area contributed by atoms with Gasteiger partial charge in [0.1, 0.15) is 24.5 Å². The molecule has 1 aliphatic heterocycles. The molecular weight excluding hydrogens is 1100 g/mol. The summed E-state index contributed by atoms with van der Waals surface area (Å²) in [5, 5.41) is 63.4. The van der Waals surface area contributed by atoms with Crippen LogP contribution in [-0.4, -0.2) is 207 Å². The van der Waals surface area contributed by atoms with Crippen LogP contribution in [0.2, 0.25) is 0 Å². The molecule has 0 radical (unpaired) electrons. The average molecular weight is 1180 g/mol. The number of carbonyl (C=O) groups is 7. The first-order valence-corrected chi connectivity index (χ1v) is 27.6. The molecule has 29 heteroatoms. The van der Waals surface area contributed by atoms with Crippen molar-refractivity contribution < 1.29 is 73.6 Å². The highest BCUT2D eigenvalue weighted by atomic mass is 32.1. The van der Waals surface area contributed by atoms with Gasteiger partial charge in [-0.15, -0.1) is 0 Å². The Morgan fingerprint density at radius 2 is 1.27 bits per heavy atom. The number of unbranched alkanes of at least 4 members (excludes halogenated alkanes) is 2. The fourth-order valence-corrected chi connectivity index (χ4v) is 9.10. The highest BCUT2D eigenvalue weighted by Crippen LogP contribution is 2.18. The van der Waals surface area contributed by atoms with Gasteiger partial charge in [0.15, 0.2) is 11.2 Å². The van der Waals surface area contributed by atoms with Crippen molar-refractivity contribution in [3.63, 3.8) is 0 Å². The molecule has 28 nitrogen and oxygen atoms in total. The van der Waals surface area contributed by atoms with E-state index in [1.807, 2.05) is 24.3 Å². The maximum absolute atomic E-state index is 12.9. The molecule has 2 aromatic heterocycles. The molecule has 3 heterocycles. The van der Waals surface area contributed by atoms with Crippen LogP contribution in [0.25, 0.3) is 11.2 Å². The molecule has 4 aromatic rings. The number of aromatic amines is 1. The summed E-state index contributed by atoms with van der Waals surface area (Å²) < 4.78 is 5.56. The van der Waals surface area contributed by atoms with E-state index in [4.69, 9.17) is 32.5 Å². The number of nitrogens with one attached hydrogen (secondary N) is 4. The molecule has 1 fully saturated rings. The number of hydrogen-bond donors (Lipinski definition) is 7.